The predicted molar refractivity (Wildman–Crippen MR) is 143 cm³/mol. The monoisotopic (exact) mass is 653 g/mol. The largest absolute Gasteiger partial charge is 3.00 e. The molecule has 0 spiro atoms. The Balaban J connectivity index is -0.000000218. The van der Waals surface area contributed by atoms with Gasteiger partial charge in [-0.25, -0.2) is 0 Å². The van der Waals surface area contributed by atoms with Crippen LogP contribution in [0.15, 0.2) is 0 Å². The van der Waals surface area contributed by atoms with Crippen molar-refractivity contribution in [1.82, 2.24) is 0 Å². The molecule has 0 aliphatic heterocycles. The number of carboxylic acid groups (broad SMARTS) is 3. The van der Waals surface area contributed by atoms with Crippen LogP contribution in [0.3, 0.4) is 0 Å². The molecule has 6 nitrogen and oxygen atoms in total. The molecular weight excluding hydrogens is 596 g/mol. The molecule has 0 N–H and O–H groups in total. The van der Waals surface area contributed by atoms with Gasteiger partial charge in [-0.1, -0.05) is 101 Å². The van der Waals surface area contributed by atoms with Crippen molar-refractivity contribution >= 4 is 17.9 Å². The van der Waals surface area contributed by atoms with E-state index in [1.807, 2.05) is 41.5 Å². The van der Waals surface area contributed by atoms with E-state index in [0.717, 1.165) is 57.8 Å². The van der Waals surface area contributed by atoms with Crippen molar-refractivity contribution in [2.24, 2.45) is 16.2 Å². The normalized spacial score (nSPS) is 11.3. The van der Waals surface area contributed by atoms with Crippen LogP contribution in [-0.4, -0.2) is 17.9 Å². The first-order valence-corrected chi connectivity index (χ1v) is 14.5. The van der Waals surface area contributed by atoms with E-state index >= 15 is 0 Å². The summed E-state index contributed by atoms with van der Waals surface area (Å²) < 4.78 is 0. The van der Waals surface area contributed by atoms with Crippen LogP contribution in [0.2, 0.25) is 0 Å². The molecular formula is C30H57CeO6. The van der Waals surface area contributed by atoms with Gasteiger partial charge in [0.25, 0.3) is 0 Å². The van der Waals surface area contributed by atoms with Gasteiger partial charge in [-0.2, -0.15) is 0 Å². The third-order valence-corrected chi connectivity index (χ3v) is 8.39. The summed E-state index contributed by atoms with van der Waals surface area (Å²) in [5, 5.41) is 32.6. The molecule has 7 heteroatoms. The number of carbonyl (C=O) groups excluding carboxylic acids is 3. The molecule has 0 saturated heterocycles. The van der Waals surface area contributed by atoms with Crippen molar-refractivity contribution < 1.29 is 71.5 Å². The number of aliphatic carboxylic acids is 3. The Labute approximate surface area is 262 Å². The van der Waals surface area contributed by atoms with E-state index in [1.165, 1.54) is 0 Å². The molecule has 0 aliphatic carbocycles. The van der Waals surface area contributed by atoms with Crippen LogP contribution in [0.25, 0.3) is 0 Å². The Morgan fingerprint density at radius 1 is 0.432 bits per heavy atom. The average Bonchev–Trinajstić information content (AvgIpc) is 2.87. The second kappa shape index (κ2) is 24.8. The van der Waals surface area contributed by atoms with E-state index in [9.17, 15) is 29.7 Å². The fraction of sp³-hybridized carbons (Fsp3) is 0.900. The van der Waals surface area contributed by atoms with Crippen molar-refractivity contribution in [2.45, 2.75) is 159 Å². The van der Waals surface area contributed by atoms with Crippen molar-refractivity contribution in [2.75, 3.05) is 0 Å². The van der Waals surface area contributed by atoms with Gasteiger partial charge in [-0.3, -0.25) is 0 Å². The summed E-state index contributed by atoms with van der Waals surface area (Å²) in [6.45, 7) is 17.8. The molecule has 37 heavy (non-hydrogen) atoms. The summed E-state index contributed by atoms with van der Waals surface area (Å²) in [7, 11) is 0. The Morgan fingerprint density at radius 3 is 0.676 bits per heavy atom. The van der Waals surface area contributed by atoms with Crippen molar-refractivity contribution in [3.8, 4) is 0 Å². The minimum absolute atomic E-state index is 0. The smallest absolute Gasteiger partial charge is 0.550 e. The maximum Gasteiger partial charge on any atom is 3.00 e. The zero-order valence-corrected chi connectivity index (χ0v) is 28.7. The van der Waals surface area contributed by atoms with Gasteiger partial charge in [0.2, 0.25) is 0 Å². The molecule has 0 bridgehead atoms. The second-order valence-electron chi connectivity index (χ2n) is 10.1. The van der Waals surface area contributed by atoms with Gasteiger partial charge in [0.15, 0.2) is 0 Å². The van der Waals surface area contributed by atoms with Gasteiger partial charge in [0.1, 0.15) is 0 Å². The van der Waals surface area contributed by atoms with Crippen LogP contribution in [0.4, 0.5) is 0 Å². The number of carboxylic acids is 3. The first-order valence-electron chi connectivity index (χ1n) is 14.5. The number of carbonyl (C=O) groups is 3. The molecule has 0 saturated carbocycles. The fourth-order valence-corrected chi connectivity index (χ4v) is 4.53. The van der Waals surface area contributed by atoms with E-state index in [2.05, 4.69) is 20.8 Å². The van der Waals surface area contributed by atoms with Crippen molar-refractivity contribution in [3.05, 3.63) is 0 Å². The summed E-state index contributed by atoms with van der Waals surface area (Å²) in [6.07, 6.45) is 12.5. The Hall–Kier alpha value is -0.213. The molecule has 0 unspecified atom stereocenters. The van der Waals surface area contributed by atoms with Crippen molar-refractivity contribution in [3.63, 3.8) is 0 Å². The van der Waals surface area contributed by atoms with Gasteiger partial charge < -0.3 is 29.7 Å². The first kappa shape index (κ1) is 43.8. The van der Waals surface area contributed by atoms with Gasteiger partial charge in [-0.05, 0) is 57.8 Å². The maximum atomic E-state index is 10.9. The minimum atomic E-state index is -0.874. The Morgan fingerprint density at radius 2 is 0.595 bits per heavy atom. The summed E-state index contributed by atoms with van der Waals surface area (Å²) in [6, 6.07) is 0. The zero-order chi connectivity index (χ0) is 28.8. The topological polar surface area (TPSA) is 120 Å². The van der Waals surface area contributed by atoms with Crippen LogP contribution >= 0.6 is 0 Å². The standard InChI is InChI=1S/3C10H20O2.Ce/c3*1-4-7-8-10(5-2,6-3)9(11)12;/h3*4-8H2,1-3H3,(H,11,12);/q;;;+3/p-3. The van der Waals surface area contributed by atoms with E-state index in [4.69, 9.17) is 0 Å². The Kier molecular flexibility index (Phi) is 29.4. The molecule has 1 radical (unpaired) electrons. The van der Waals surface area contributed by atoms with E-state index < -0.39 is 34.2 Å². The summed E-state index contributed by atoms with van der Waals surface area (Å²) in [4.78, 5) is 32.6. The molecule has 0 aliphatic rings. The molecule has 0 rings (SSSR count). The average molecular weight is 654 g/mol. The zero-order valence-electron chi connectivity index (χ0n) is 25.6. The van der Waals surface area contributed by atoms with Gasteiger partial charge in [0.05, 0.1) is 0 Å². The molecule has 0 aromatic heterocycles. The summed E-state index contributed by atoms with van der Waals surface area (Å²) in [5.74, 6) is -2.62. The van der Waals surface area contributed by atoms with Crippen LogP contribution in [0, 0.1) is 58.0 Å². The molecule has 0 fully saturated rings. The first-order chi connectivity index (χ1) is 16.9. The van der Waals surface area contributed by atoms with Gasteiger partial charge >= 0.3 is 41.7 Å². The molecule has 0 aromatic carbocycles. The van der Waals surface area contributed by atoms with Crippen LogP contribution < -0.4 is 15.3 Å². The molecule has 0 heterocycles. The summed E-state index contributed by atoms with van der Waals surface area (Å²) >= 11 is 0. The third-order valence-electron chi connectivity index (χ3n) is 8.39. The molecule has 0 atom stereocenters. The quantitative estimate of drug-likeness (QED) is 0.201. The van der Waals surface area contributed by atoms with Crippen LogP contribution in [0.5, 0.6) is 0 Å². The molecule has 0 amide bonds. The fourth-order valence-electron chi connectivity index (χ4n) is 4.53. The number of hydrogen-bond donors (Lipinski definition) is 0. The van der Waals surface area contributed by atoms with E-state index in [-0.39, 0.29) is 41.7 Å². The van der Waals surface area contributed by atoms with Gasteiger partial charge in [0, 0.05) is 34.2 Å². The number of unbranched alkanes of at least 4 members (excludes halogenated alkanes) is 3. The summed E-state index contributed by atoms with van der Waals surface area (Å²) in [5.41, 5.74) is -1.68. The second-order valence-corrected chi connectivity index (χ2v) is 10.1. The van der Waals surface area contributed by atoms with Crippen LogP contribution in [-0.2, 0) is 14.4 Å². The SMILES string of the molecule is CCCCC(CC)(CC)C(=O)[O-].CCCCC(CC)(CC)C(=O)[O-].CCCCC(CC)(CC)C(=O)[O-].[Ce+3]. The van der Waals surface area contributed by atoms with Crippen LogP contribution in [0.1, 0.15) is 159 Å². The number of hydrogen-bond acceptors (Lipinski definition) is 6. The van der Waals surface area contributed by atoms with E-state index in [0.29, 0.717) is 38.5 Å². The van der Waals surface area contributed by atoms with Gasteiger partial charge in [-0.15, -0.1) is 0 Å². The van der Waals surface area contributed by atoms with Crippen molar-refractivity contribution in [1.29, 1.82) is 0 Å². The Bertz CT molecular complexity index is 498. The molecule has 0 aromatic rings. The third kappa shape index (κ3) is 15.8. The minimum Gasteiger partial charge on any atom is -0.550 e. The predicted octanol–water partition coefficient (Wildman–Crippen LogP) is 5.20. The number of rotatable bonds is 18. The van der Waals surface area contributed by atoms with E-state index in [1.54, 1.807) is 0 Å². The maximum absolute atomic E-state index is 10.9. The molecule has 217 valence electrons.